The van der Waals surface area contributed by atoms with Crippen molar-refractivity contribution in [3.05, 3.63) is 94.5 Å². The second kappa shape index (κ2) is 6.41. The number of nitrogens with one attached hydrogen (secondary N) is 2. The third-order valence-electron chi connectivity index (χ3n) is 6.19. The van der Waals surface area contributed by atoms with Gasteiger partial charge < -0.3 is 15.8 Å². The van der Waals surface area contributed by atoms with E-state index in [4.69, 9.17) is 15.9 Å². The van der Waals surface area contributed by atoms with Crippen molar-refractivity contribution in [1.29, 1.82) is 5.41 Å². The molecule has 0 amide bonds. The lowest BCUT2D eigenvalue weighted by Crippen LogP contribution is -2.30. The zero-order valence-electron chi connectivity index (χ0n) is 15.8. The predicted molar refractivity (Wildman–Crippen MR) is 112 cm³/mol. The Morgan fingerprint density at radius 2 is 1.82 bits per heavy atom. The van der Waals surface area contributed by atoms with Gasteiger partial charge in [0.2, 0.25) is 0 Å². The molecule has 5 rings (SSSR count). The van der Waals surface area contributed by atoms with Crippen molar-refractivity contribution in [3.8, 4) is 5.75 Å². The van der Waals surface area contributed by atoms with Gasteiger partial charge in [-0.25, -0.2) is 0 Å². The van der Waals surface area contributed by atoms with Gasteiger partial charge in [-0.3, -0.25) is 5.41 Å². The van der Waals surface area contributed by atoms with Crippen molar-refractivity contribution in [3.63, 3.8) is 0 Å². The topological polar surface area (TPSA) is 71.1 Å². The van der Waals surface area contributed by atoms with Crippen LogP contribution < -0.4 is 15.8 Å². The van der Waals surface area contributed by atoms with Gasteiger partial charge in [-0.2, -0.15) is 0 Å². The molecule has 0 aromatic heterocycles. The van der Waals surface area contributed by atoms with Gasteiger partial charge >= 0.3 is 0 Å². The van der Waals surface area contributed by atoms with Crippen LogP contribution in [0.2, 0.25) is 0 Å². The van der Waals surface area contributed by atoms with E-state index < -0.39 is 0 Å². The number of hydrogen-bond acceptors (Lipinski definition) is 3. The fourth-order valence-electron chi connectivity index (χ4n) is 4.87. The van der Waals surface area contributed by atoms with Crippen molar-refractivity contribution in [2.45, 2.75) is 18.4 Å². The highest BCUT2D eigenvalue weighted by molar-refractivity contribution is 5.95. The molecule has 0 saturated heterocycles. The number of benzene rings is 3. The molecule has 0 spiro atoms. The standard InChI is InChI=1S/C24H23N3O/c1-28-17-9-6-14(7-10-17)23-20-12-15-4-2-3-5-18(15)22(20)19-13-16(24(25)26)8-11-21(19)27-23/h2-11,13,20,22-23,27H,12H2,1H3,(H3,25,26). The SMILES string of the molecule is COc1ccc(C2Nc3ccc(C(=N)N)cc3C3c4ccccc4CC23)cc1. The van der Waals surface area contributed by atoms with E-state index in [1.54, 1.807) is 7.11 Å². The smallest absolute Gasteiger partial charge is 0.122 e. The molecule has 1 aliphatic heterocycles. The van der Waals surface area contributed by atoms with Gasteiger partial charge in [0.1, 0.15) is 11.6 Å². The largest absolute Gasteiger partial charge is 0.497 e. The summed E-state index contributed by atoms with van der Waals surface area (Å²) in [7, 11) is 1.69. The Morgan fingerprint density at radius 1 is 1.04 bits per heavy atom. The van der Waals surface area contributed by atoms with Crippen LogP contribution in [-0.4, -0.2) is 12.9 Å². The lowest BCUT2D eigenvalue weighted by atomic mass is 9.75. The molecule has 3 aromatic carbocycles. The number of methoxy groups -OCH3 is 1. The maximum absolute atomic E-state index is 7.84. The molecule has 28 heavy (non-hydrogen) atoms. The summed E-state index contributed by atoms with van der Waals surface area (Å²) in [4.78, 5) is 0. The highest BCUT2D eigenvalue weighted by atomic mass is 16.5. The summed E-state index contributed by atoms with van der Waals surface area (Å²) >= 11 is 0. The zero-order chi connectivity index (χ0) is 19.3. The Balaban J connectivity index is 1.65. The first-order valence-electron chi connectivity index (χ1n) is 9.62. The summed E-state index contributed by atoms with van der Waals surface area (Å²) in [5.41, 5.74) is 13.0. The van der Waals surface area contributed by atoms with Crippen molar-refractivity contribution in [2.75, 3.05) is 12.4 Å². The van der Waals surface area contributed by atoms with Crippen molar-refractivity contribution < 1.29 is 4.74 Å². The van der Waals surface area contributed by atoms with E-state index >= 15 is 0 Å². The summed E-state index contributed by atoms with van der Waals surface area (Å²) in [5, 5.41) is 11.6. The summed E-state index contributed by atoms with van der Waals surface area (Å²) in [6.45, 7) is 0. The average molecular weight is 369 g/mol. The summed E-state index contributed by atoms with van der Waals surface area (Å²) in [5.74, 6) is 1.71. The lowest BCUT2D eigenvalue weighted by molar-refractivity contribution is 0.410. The molecule has 3 aromatic rings. The van der Waals surface area contributed by atoms with E-state index in [0.29, 0.717) is 11.8 Å². The van der Waals surface area contributed by atoms with Gasteiger partial charge in [-0.05, 0) is 64.9 Å². The second-order valence-corrected chi connectivity index (χ2v) is 7.66. The number of hydrogen-bond donors (Lipinski definition) is 3. The average Bonchev–Trinajstić information content (AvgIpc) is 3.12. The number of rotatable bonds is 3. The van der Waals surface area contributed by atoms with E-state index in [2.05, 4.69) is 53.8 Å². The molecule has 4 nitrogen and oxygen atoms in total. The molecular weight excluding hydrogens is 346 g/mol. The Kier molecular flexibility index (Phi) is 3.86. The molecule has 1 heterocycles. The van der Waals surface area contributed by atoms with Crippen LogP contribution >= 0.6 is 0 Å². The van der Waals surface area contributed by atoms with Crippen LogP contribution in [0.1, 0.15) is 39.8 Å². The van der Waals surface area contributed by atoms with Gasteiger partial charge in [0.05, 0.1) is 13.2 Å². The second-order valence-electron chi connectivity index (χ2n) is 7.66. The number of fused-ring (bicyclic) bond motifs is 5. The Labute approximate surface area is 164 Å². The first kappa shape index (κ1) is 16.9. The van der Waals surface area contributed by atoms with Gasteiger partial charge in [-0.1, -0.05) is 36.4 Å². The maximum Gasteiger partial charge on any atom is 0.122 e. The molecule has 0 bridgehead atoms. The molecule has 0 fully saturated rings. The Morgan fingerprint density at radius 3 is 2.57 bits per heavy atom. The van der Waals surface area contributed by atoms with Crippen LogP contribution in [0.3, 0.4) is 0 Å². The summed E-state index contributed by atoms with van der Waals surface area (Å²) < 4.78 is 5.33. The Hall–Kier alpha value is -3.27. The van der Waals surface area contributed by atoms with E-state index in [9.17, 15) is 0 Å². The molecular formula is C24H23N3O. The quantitative estimate of drug-likeness (QED) is 0.472. The minimum absolute atomic E-state index is 0.114. The number of ether oxygens (including phenoxy) is 1. The third-order valence-corrected chi connectivity index (χ3v) is 6.19. The molecule has 0 saturated carbocycles. The van der Waals surface area contributed by atoms with E-state index in [1.165, 1.54) is 22.3 Å². The van der Waals surface area contributed by atoms with Crippen LogP contribution in [0, 0.1) is 11.3 Å². The van der Waals surface area contributed by atoms with Crippen LogP contribution in [0.5, 0.6) is 5.75 Å². The molecule has 3 atom stereocenters. The Bertz CT molecular complexity index is 1060. The molecule has 1 aliphatic carbocycles. The molecule has 2 aliphatic rings. The van der Waals surface area contributed by atoms with Crippen molar-refractivity contribution >= 4 is 11.5 Å². The van der Waals surface area contributed by atoms with Crippen LogP contribution in [0.4, 0.5) is 5.69 Å². The fraction of sp³-hybridized carbons (Fsp3) is 0.208. The van der Waals surface area contributed by atoms with Crippen molar-refractivity contribution in [1.82, 2.24) is 0 Å². The molecule has 0 radical (unpaired) electrons. The van der Waals surface area contributed by atoms with Crippen LogP contribution in [-0.2, 0) is 6.42 Å². The highest BCUT2D eigenvalue weighted by Crippen LogP contribution is 2.53. The highest BCUT2D eigenvalue weighted by Gasteiger charge is 2.43. The van der Waals surface area contributed by atoms with E-state index in [0.717, 1.165) is 23.4 Å². The predicted octanol–water partition coefficient (Wildman–Crippen LogP) is 4.45. The number of amidine groups is 1. The van der Waals surface area contributed by atoms with Gasteiger partial charge in [0, 0.05) is 17.2 Å². The number of nitrogen functional groups attached to an aromatic ring is 1. The normalized spacial score (nSPS) is 21.8. The van der Waals surface area contributed by atoms with E-state index in [-0.39, 0.29) is 11.9 Å². The van der Waals surface area contributed by atoms with Crippen molar-refractivity contribution in [2.24, 2.45) is 11.7 Å². The molecule has 4 heteroatoms. The van der Waals surface area contributed by atoms with Gasteiger partial charge in [0.15, 0.2) is 0 Å². The maximum atomic E-state index is 7.84. The first-order valence-corrected chi connectivity index (χ1v) is 9.62. The third kappa shape index (κ3) is 2.56. The van der Waals surface area contributed by atoms with E-state index in [1.807, 2.05) is 18.2 Å². The lowest BCUT2D eigenvalue weighted by Gasteiger charge is -2.38. The molecule has 3 unspecified atom stereocenters. The van der Waals surface area contributed by atoms with Crippen LogP contribution in [0.15, 0.2) is 66.7 Å². The minimum atomic E-state index is 0.114. The minimum Gasteiger partial charge on any atom is -0.497 e. The monoisotopic (exact) mass is 369 g/mol. The zero-order valence-corrected chi connectivity index (χ0v) is 15.8. The fourth-order valence-corrected chi connectivity index (χ4v) is 4.87. The summed E-state index contributed by atoms with van der Waals surface area (Å²) in [6.07, 6.45) is 1.04. The number of anilines is 1. The van der Waals surface area contributed by atoms with Crippen LogP contribution in [0.25, 0.3) is 0 Å². The molecule has 140 valence electrons. The first-order chi connectivity index (χ1) is 13.7. The number of nitrogens with two attached hydrogens (primary N) is 1. The van der Waals surface area contributed by atoms with Gasteiger partial charge in [-0.15, -0.1) is 0 Å². The van der Waals surface area contributed by atoms with Gasteiger partial charge in [0.25, 0.3) is 0 Å². The summed E-state index contributed by atoms with van der Waals surface area (Å²) in [6, 6.07) is 23.4. The molecule has 4 N–H and O–H groups in total.